The summed E-state index contributed by atoms with van der Waals surface area (Å²) in [5.74, 6) is 0.000356. The van der Waals surface area contributed by atoms with E-state index in [1.165, 1.54) is 11.3 Å². The van der Waals surface area contributed by atoms with Crippen molar-refractivity contribution < 1.29 is 14.3 Å². The third kappa shape index (κ3) is 3.05. The van der Waals surface area contributed by atoms with Gasteiger partial charge in [0.15, 0.2) is 10.6 Å². The first kappa shape index (κ1) is 13.0. The summed E-state index contributed by atoms with van der Waals surface area (Å²) in [4.78, 5) is 20.0. The number of nitrogens with zero attached hydrogens (tertiary/aromatic N) is 2. The molecule has 0 aliphatic rings. The van der Waals surface area contributed by atoms with Gasteiger partial charge in [-0.05, 0) is 34.3 Å². The molecule has 0 bridgehead atoms. The number of hydrogen-bond acceptors (Lipinski definition) is 6. The predicted octanol–water partition coefficient (Wildman–Crippen LogP) is 3.27. The van der Waals surface area contributed by atoms with E-state index in [2.05, 4.69) is 25.9 Å². The molecular formula is C11H9BrN2O3S. The van der Waals surface area contributed by atoms with E-state index < -0.39 is 5.97 Å². The van der Waals surface area contributed by atoms with E-state index in [4.69, 9.17) is 9.47 Å². The van der Waals surface area contributed by atoms with Crippen LogP contribution in [-0.4, -0.2) is 22.5 Å². The Bertz CT molecular complexity index is 541. The second kappa shape index (κ2) is 5.92. The van der Waals surface area contributed by atoms with Gasteiger partial charge < -0.3 is 9.47 Å². The molecule has 0 fully saturated rings. The smallest absolute Gasteiger partial charge is 0.352 e. The lowest BCUT2D eigenvalue weighted by Gasteiger charge is -2.04. The van der Waals surface area contributed by atoms with Crippen LogP contribution in [0.3, 0.4) is 0 Å². The van der Waals surface area contributed by atoms with Crippen LogP contribution in [0.15, 0.2) is 28.3 Å². The van der Waals surface area contributed by atoms with Crippen molar-refractivity contribution in [3.63, 3.8) is 0 Å². The Morgan fingerprint density at radius 3 is 2.83 bits per heavy atom. The molecule has 7 heteroatoms. The normalized spacial score (nSPS) is 10.1. The van der Waals surface area contributed by atoms with Crippen molar-refractivity contribution in [1.29, 1.82) is 0 Å². The van der Waals surface area contributed by atoms with E-state index in [0.29, 0.717) is 17.2 Å². The average molecular weight is 329 g/mol. The molecule has 2 aromatic rings. The summed E-state index contributed by atoms with van der Waals surface area (Å²) in [7, 11) is 0. The molecule has 2 rings (SSSR count). The largest absolute Gasteiger partial charge is 0.462 e. The quantitative estimate of drug-likeness (QED) is 0.806. The van der Waals surface area contributed by atoms with Crippen molar-refractivity contribution in [2.24, 2.45) is 0 Å². The number of esters is 1. The fourth-order valence-electron chi connectivity index (χ4n) is 1.17. The molecule has 0 aliphatic carbocycles. The summed E-state index contributed by atoms with van der Waals surface area (Å²) in [6.45, 7) is 2.08. The lowest BCUT2D eigenvalue weighted by atomic mass is 10.4. The Balaban J connectivity index is 2.17. The summed E-state index contributed by atoms with van der Waals surface area (Å²) >= 11 is 4.48. The van der Waals surface area contributed by atoms with Crippen molar-refractivity contribution in [3.05, 3.63) is 33.2 Å². The Hall–Kier alpha value is -1.47. The van der Waals surface area contributed by atoms with E-state index in [-0.39, 0.29) is 6.01 Å². The van der Waals surface area contributed by atoms with Crippen LogP contribution < -0.4 is 4.74 Å². The lowest BCUT2D eigenvalue weighted by molar-refractivity contribution is 0.0529. The zero-order valence-electron chi connectivity index (χ0n) is 9.42. The van der Waals surface area contributed by atoms with Crippen LogP contribution >= 0.6 is 27.3 Å². The highest BCUT2D eigenvalue weighted by atomic mass is 79.9. The van der Waals surface area contributed by atoms with Crippen LogP contribution in [-0.2, 0) is 4.74 Å². The van der Waals surface area contributed by atoms with Gasteiger partial charge in [0.25, 0.3) is 0 Å². The number of thiophene rings is 1. The molecule has 0 unspecified atom stereocenters. The Labute approximate surface area is 116 Å². The minimum absolute atomic E-state index is 0.183. The van der Waals surface area contributed by atoms with Gasteiger partial charge in [0.05, 0.1) is 11.1 Å². The van der Waals surface area contributed by atoms with E-state index in [9.17, 15) is 4.79 Å². The number of halogens is 1. The monoisotopic (exact) mass is 328 g/mol. The topological polar surface area (TPSA) is 61.3 Å². The van der Waals surface area contributed by atoms with Gasteiger partial charge in [-0.25, -0.2) is 14.8 Å². The predicted molar refractivity (Wildman–Crippen MR) is 70.1 cm³/mol. The molecule has 0 amide bonds. The Kier molecular flexibility index (Phi) is 4.27. The highest BCUT2D eigenvalue weighted by molar-refractivity contribution is 9.10. The zero-order valence-corrected chi connectivity index (χ0v) is 11.8. The summed E-state index contributed by atoms with van der Waals surface area (Å²) in [6.07, 6.45) is 3.14. The summed E-state index contributed by atoms with van der Waals surface area (Å²) in [6, 6.07) is 1.87. The molecule has 0 aromatic carbocycles. The first-order chi connectivity index (χ1) is 8.70. The van der Waals surface area contributed by atoms with Gasteiger partial charge in [0, 0.05) is 12.4 Å². The molecule has 94 valence electrons. The molecular weight excluding hydrogens is 320 g/mol. The molecule has 2 heterocycles. The maximum atomic E-state index is 11.6. The number of hydrogen-bond donors (Lipinski definition) is 0. The van der Waals surface area contributed by atoms with Gasteiger partial charge in [-0.2, -0.15) is 0 Å². The van der Waals surface area contributed by atoms with Crippen LogP contribution in [0.1, 0.15) is 16.6 Å². The van der Waals surface area contributed by atoms with Crippen LogP contribution in [0.4, 0.5) is 0 Å². The lowest BCUT2D eigenvalue weighted by Crippen LogP contribution is -2.04. The Morgan fingerprint density at radius 2 is 2.17 bits per heavy atom. The maximum Gasteiger partial charge on any atom is 0.352 e. The molecule has 0 spiro atoms. The van der Waals surface area contributed by atoms with Gasteiger partial charge in [0.2, 0.25) is 0 Å². The van der Waals surface area contributed by atoms with Crippen molar-refractivity contribution in [2.75, 3.05) is 6.61 Å². The number of carbonyl (C=O) groups excluding carboxylic acids is 1. The molecule has 0 N–H and O–H groups in total. The van der Waals surface area contributed by atoms with Crippen LogP contribution in [0.25, 0.3) is 0 Å². The average Bonchev–Trinajstić information content (AvgIpc) is 2.81. The van der Waals surface area contributed by atoms with Gasteiger partial charge in [0.1, 0.15) is 0 Å². The van der Waals surface area contributed by atoms with Gasteiger partial charge >= 0.3 is 12.0 Å². The van der Waals surface area contributed by atoms with E-state index in [1.54, 1.807) is 30.8 Å². The van der Waals surface area contributed by atoms with Crippen molar-refractivity contribution in [3.8, 4) is 11.8 Å². The third-order valence-electron chi connectivity index (χ3n) is 1.89. The van der Waals surface area contributed by atoms with Gasteiger partial charge in [-0.15, -0.1) is 11.3 Å². The maximum absolute atomic E-state index is 11.6. The minimum atomic E-state index is -0.403. The first-order valence-electron chi connectivity index (χ1n) is 5.10. The zero-order chi connectivity index (χ0) is 13.0. The molecule has 0 atom stereocenters. The van der Waals surface area contributed by atoms with Crippen molar-refractivity contribution >= 4 is 33.2 Å². The molecule has 0 radical (unpaired) electrons. The second-order valence-electron chi connectivity index (χ2n) is 3.12. The number of aromatic nitrogens is 2. The summed E-state index contributed by atoms with van der Waals surface area (Å²) in [5, 5.41) is 1.75. The molecule has 0 saturated carbocycles. The fourth-order valence-corrected chi connectivity index (χ4v) is 2.09. The number of rotatable bonds is 4. The molecule has 18 heavy (non-hydrogen) atoms. The van der Waals surface area contributed by atoms with Crippen molar-refractivity contribution in [2.45, 2.75) is 6.92 Å². The SMILES string of the molecule is CCOC(=O)c1sccc1Oc1ncc(Br)cn1. The summed E-state index contributed by atoms with van der Waals surface area (Å²) in [5.41, 5.74) is 0. The van der Waals surface area contributed by atoms with Gasteiger partial charge in [-0.3, -0.25) is 0 Å². The molecule has 5 nitrogen and oxygen atoms in total. The molecule has 0 aliphatic heterocycles. The first-order valence-corrected chi connectivity index (χ1v) is 6.78. The van der Waals surface area contributed by atoms with Crippen LogP contribution in [0, 0.1) is 0 Å². The summed E-state index contributed by atoms with van der Waals surface area (Å²) < 4.78 is 11.1. The highest BCUT2D eigenvalue weighted by Gasteiger charge is 2.16. The third-order valence-corrected chi connectivity index (χ3v) is 3.17. The minimum Gasteiger partial charge on any atom is -0.462 e. The van der Waals surface area contributed by atoms with E-state index >= 15 is 0 Å². The fraction of sp³-hybridized carbons (Fsp3) is 0.182. The van der Waals surface area contributed by atoms with Gasteiger partial charge in [-0.1, -0.05) is 0 Å². The van der Waals surface area contributed by atoms with E-state index in [1.807, 2.05) is 0 Å². The number of carbonyl (C=O) groups is 1. The van der Waals surface area contributed by atoms with Crippen LogP contribution in [0.5, 0.6) is 11.8 Å². The molecule has 0 saturated heterocycles. The Morgan fingerprint density at radius 1 is 1.44 bits per heavy atom. The standard InChI is InChI=1S/C11H9BrN2O3S/c1-2-16-10(15)9-8(3-4-18-9)17-11-13-5-7(12)6-14-11/h3-6H,2H2,1H3. The van der Waals surface area contributed by atoms with Crippen LogP contribution in [0.2, 0.25) is 0 Å². The number of ether oxygens (including phenoxy) is 2. The molecule has 2 aromatic heterocycles. The second-order valence-corrected chi connectivity index (χ2v) is 4.95. The highest BCUT2D eigenvalue weighted by Crippen LogP contribution is 2.28. The van der Waals surface area contributed by atoms with Crippen molar-refractivity contribution in [1.82, 2.24) is 9.97 Å². The van der Waals surface area contributed by atoms with E-state index in [0.717, 1.165) is 4.47 Å².